The summed E-state index contributed by atoms with van der Waals surface area (Å²) in [7, 11) is 0. The third kappa shape index (κ3) is 3.15. The lowest BCUT2D eigenvalue weighted by molar-refractivity contribution is 0.298. The van der Waals surface area contributed by atoms with Crippen LogP contribution in [0.15, 0.2) is 18.2 Å². The largest absolute Gasteiger partial charge is 0.490 e. The summed E-state index contributed by atoms with van der Waals surface area (Å²) in [5.41, 5.74) is 6.49. The monoisotopic (exact) mass is 206 g/mol. The molecule has 0 amide bonds. The molecule has 0 radical (unpaired) electrons. The van der Waals surface area contributed by atoms with Crippen molar-refractivity contribution in [2.45, 2.75) is 13.5 Å². The van der Waals surface area contributed by atoms with E-state index in [0.717, 1.165) is 5.56 Å². The van der Waals surface area contributed by atoms with Gasteiger partial charge in [-0.3, -0.25) is 0 Å². The molecule has 1 aromatic rings. The first-order valence-corrected chi connectivity index (χ1v) is 4.77. The van der Waals surface area contributed by atoms with E-state index >= 15 is 0 Å². The maximum Gasteiger partial charge on any atom is 0.174 e. The van der Waals surface area contributed by atoms with Crippen LogP contribution in [-0.4, -0.2) is 13.2 Å². The average Bonchev–Trinajstić information content (AvgIpc) is 2.27. The molecule has 0 aliphatic heterocycles. The lowest BCUT2D eigenvalue weighted by atomic mass is 10.2. The molecule has 0 aliphatic rings. The van der Waals surface area contributed by atoms with Crippen LogP contribution in [0.2, 0.25) is 0 Å². The van der Waals surface area contributed by atoms with E-state index in [4.69, 9.17) is 20.5 Å². The van der Waals surface area contributed by atoms with Gasteiger partial charge >= 0.3 is 0 Å². The van der Waals surface area contributed by atoms with Crippen LogP contribution in [0.4, 0.5) is 0 Å². The molecular weight excluding hydrogens is 192 g/mol. The standard InChI is InChI=1S/C11H14N2O2/c1-2-14-11-7-9(8-13)3-4-10(11)15-6-5-12/h3-4,7H,2,6,8,13H2,1H3. The van der Waals surface area contributed by atoms with Crippen molar-refractivity contribution in [1.82, 2.24) is 0 Å². The fourth-order valence-corrected chi connectivity index (χ4v) is 1.18. The number of nitriles is 1. The van der Waals surface area contributed by atoms with Crippen molar-refractivity contribution >= 4 is 0 Å². The molecular formula is C11H14N2O2. The first kappa shape index (κ1) is 11.3. The summed E-state index contributed by atoms with van der Waals surface area (Å²) in [6.45, 7) is 2.92. The lowest BCUT2D eigenvalue weighted by Gasteiger charge is -2.10. The zero-order valence-corrected chi connectivity index (χ0v) is 8.69. The average molecular weight is 206 g/mol. The van der Waals surface area contributed by atoms with Crippen molar-refractivity contribution in [3.8, 4) is 17.6 Å². The molecule has 0 atom stereocenters. The Kier molecular flexibility index (Phi) is 4.45. The van der Waals surface area contributed by atoms with Crippen LogP contribution in [0.25, 0.3) is 0 Å². The number of benzene rings is 1. The van der Waals surface area contributed by atoms with Gasteiger partial charge in [0.2, 0.25) is 0 Å². The van der Waals surface area contributed by atoms with Crippen LogP contribution in [-0.2, 0) is 6.54 Å². The number of hydrogen-bond donors (Lipinski definition) is 1. The Labute approximate surface area is 89.2 Å². The predicted molar refractivity (Wildman–Crippen MR) is 56.6 cm³/mol. The zero-order chi connectivity index (χ0) is 11.1. The van der Waals surface area contributed by atoms with Crippen LogP contribution in [0.1, 0.15) is 12.5 Å². The third-order valence-electron chi connectivity index (χ3n) is 1.84. The lowest BCUT2D eigenvalue weighted by Crippen LogP contribution is -2.02. The summed E-state index contributed by atoms with van der Waals surface area (Å²) in [6, 6.07) is 7.37. The van der Waals surface area contributed by atoms with Crippen molar-refractivity contribution in [3.05, 3.63) is 23.8 Å². The molecule has 80 valence electrons. The Morgan fingerprint density at radius 3 is 2.73 bits per heavy atom. The van der Waals surface area contributed by atoms with Crippen molar-refractivity contribution in [3.63, 3.8) is 0 Å². The molecule has 1 aromatic carbocycles. The van der Waals surface area contributed by atoms with Crippen LogP contribution >= 0.6 is 0 Å². The summed E-state index contributed by atoms with van der Waals surface area (Å²) >= 11 is 0. The molecule has 0 aromatic heterocycles. The first-order valence-electron chi connectivity index (χ1n) is 4.77. The van der Waals surface area contributed by atoms with E-state index < -0.39 is 0 Å². The molecule has 0 unspecified atom stereocenters. The summed E-state index contributed by atoms with van der Waals surface area (Å²) in [5, 5.41) is 8.41. The van der Waals surface area contributed by atoms with Gasteiger partial charge in [-0.25, -0.2) is 0 Å². The first-order chi connectivity index (χ1) is 7.31. The van der Waals surface area contributed by atoms with Gasteiger partial charge in [0.1, 0.15) is 6.07 Å². The Morgan fingerprint density at radius 2 is 2.13 bits per heavy atom. The molecule has 0 spiro atoms. The van der Waals surface area contributed by atoms with Gasteiger partial charge in [-0.2, -0.15) is 5.26 Å². The maximum absolute atomic E-state index is 8.41. The molecule has 0 saturated heterocycles. The fourth-order valence-electron chi connectivity index (χ4n) is 1.18. The van der Waals surface area contributed by atoms with Gasteiger partial charge in [-0.05, 0) is 24.6 Å². The molecule has 0 fully saturated rings. The smallest absolute Gasteiger partial charge is 0.174 e. The van der Waals surface area contributed by atoms with E-state index in [-0.39, 0.29) is 6.61 Å². The third-order valence-corrected chi connectivity index (χ3v) is 1.84. The fraction of sp³-hybridized carbons (Fsp3) is 0.364. The molecule has 0 aliphatic carbocycles. The predicted octanol–water partition coefficient (Wildman–Crippen LogP) is 1.45. The summed E-state index contributed by atoms with van der Waals surface area (Å²) in [4.78, 5) is 0. The number of rotatable bonds is 5. The SMILES string of the molecule is CCOc1cc(CN)ccc1OCC#N. The highest BCUT2D eigenvalue weighted by Gasteiger charge is 2.05. The summed E-state index contributed by atoms with van der Waals surface area (Å²) in [6.07, 6.45) is 0. The second-order valence-corrected chi connectivity index (χ2v) is 2.87. The Morgan fingerprint density at radius 1 is 1.33 bits per heavy atom. The Balaban J connectivity index is 2.88. The molecule has 2 N–H and O–H groups in total. The topological polar surface area (TPSA) is 68.3 Å². The van der Waals surface area contributed by atoms with Gasteiger partial charge in [0.15, 0.2) is 18.1 Å². The molecule has 4 nitrogen and oxygen atoms in total. The van der Waals surface area contributed by atoms with Gasteiger partial charge in [0.05, 0.1) is 6.61 Å². The van der Waals surface area contributed by atoms with E-state index in [2.05, 4.69) is 0 Å². The van der Waals surface area contributed by atoms with Crippen LogP contribution in [0.3, 0.4) is 0 Å². The second-order valence-electron chi connectivity index (χ2n) is 2.87. The van der Waals surface area contributed by atoms with E-state index in [1.54, 1.807) is 6.07 Å². The van der Waals surface area contributed by atoms with Crippen LogP contribution in [0, 0.1) is 11.3 Å². The minimum atomic E-state index is 0.0159. The van der Waals surface area contributed by atoms with Gasteiger partial charge in [0, 0.05) is 6.54 Å². The number of hydrogen-bond acceptors (Lipinski definition) is 4. The highest BCUT2D eigenvalue weighted by molar-refractivity contribution is 5.43. The quantitative estimate of drug-likeness (QED) is 0.791. The van der Waals surface area contributed by atoms with Crippen molar-refractivity contribution in [1.29, 1.82) is 5.26 Å². The molecule has 0 bridgehead atoms. The van der Waals surface area contributed by atoms with E-state index in [0.29, 0.717) is 24.7 Å². The van der Waals surface area contributed by atoms with E-state index in [1.165, 1.54) is 0 Å². The van der Waals surface area contributed by atoms with Gasteiger partial charge < -0.3 is 15.2 Å². The van der Waals surface area contributed by atoms with Gasteiger partial charge in [0.25, 0.3) is 0 Å². The maximum atomic E-state index is 8.41. The highest BCUT2D eigenvalue weighted by Crippen LogP contribution is 2.28. The van der Waals surface area contributed by atoms with Crippen molar-refractivity contribution < 1.29 is 9.47 Å². The number of nitrogens with two attached hydrogens (primary N) is 1. The van der Waals surface area contributed by atoms with Crippen molar-refractivity contribution in [2.75, 3.05) is 13.2 Å². The Bertz CT molecular complexity index is 358. The molecule has 0 heterocycles. The molecule has 1 rings (SSSR count). The minimum Gasteiger partial charge on any atom is -0.490 e. The Hall–Kier alpha value is -1.73. The van der Waals surface area contributed by atoms with E-state index in [9.17, 15) is 0 Å². The summed E-state index contributed by atoms with van der Waals surface area (Å²) < 4.78 is 10.6. The highest BCUT2D eigenvalue weighted by atomic mass is 16.5. The van der Waals surface area contributed by atoms with E-state index in [1.807, 2.05) is 25.1 Å². The van der Waals surface area contributed by atoms with Gasteiger partial charge in [-0.1, -0.05) is 6.07 Å². The second kappa shape index (κ2) is 5.89. The molecule has 15 heavy (non-hydrogen) atoms. The number of ether oxygens (including phenoxy) is 2. The normalized spacial score (nSPS) is 9.40. The number of nitrogens with zero attached hydrogens (tertiary/aromatic N) is 1. The molecule has 0 saturated carbocycles. The van der Waals surface area contributed by atoms with Crippen LogP contribution < -0.4 is 15.2 Å². The zero-order valence-electron chi connectivity index (χ0n) is 8.69. The van der Waals surface area contributed by atoms with Gasteiger partial charge in [-0.15, -0.1) is 0 Å². The van der Waals surface area contributed by atoms with Crippen LogP contribution in [0.5, 0.6) is 11.5 Å². The molecule has 4 heteroatoms. The van der Waals surface area contributed by atoms with Crippen molar-refractivity contribution in [2.24, 2.45) is 5.73 Å². The minimum absolute atomic E-state index is 0.0159. The summed E-state index contributed by atoms with van der Waals surface area (Å²) in [5.74, 6) is 1.21.